The van der Waals surface area contributed by atoms with Crippen molar-refractivity contribution in [3.8, 4) is 0 Å². The van der Waals surface area contributed by atoms with Crippen LogP contribution in [0.25, 0.3) is 0 Å². The highest BCUT2D eigenvalue weighted by Gasteiger charge is 2.38. The number of hydrogen-bond acceptors (Lipinski definition) is 2. The minimum atomic E-state index is -0.766. The van der Waals surface area contributed by atoms with E-state index in [-0.39, 0.29) is 5.91 Å². The number of aliphatic carboxylic acids is 1. The number of rotatable bonds is 3. The number of carboxylic acids is 1. The summed E-state index contributed by atoms with van der Waals surface area (Å²) < 4.78 is 0. The van der Waals surface area contributed by atoms with Gasteiger partial charge in [-0.2, -0.15) is 0 Å². The highest BCUT2D eigenvalue weighted by Crippen LogP contribution is 2.35. The maximum atomic E-state index is 11.3. The van der Waals surface area contributed by atoms with Crippen molar-refractivity contribution < 1.29 is 14.7 Å². The van der Waals surface area contributed by atoms with Crippen molar-refractivity contribution in [2.45, 2.75) is 32.6 Å². The molecule has 90 valence electrons. The summed E-state index contributed by atoms with van der Waals surface area (Å²) in [7, 11) is 0. The van der Waals surface area contributed by atoms with E-state index >= 15 is 0 Å². The van der Waals surface area contributed by atoms with Crippen molar-refractivity contribution >= 4 is 11.9 Å². The molecule has 1 rings (SSSR count). The molecule has 0 aliphatic carbocycles. The zero-order chi connectivity index (χ0) is 12.2. The minimum absolute atomic E-state index is 0.0276. The first-order valence-electron chi connectivity index (χ1n) is 5.62. The quantitative estimate of drug-likeness (QED) is 0.743. The summed E-state index contributed by atoms with van der Waals surface area (Å²) >= 11 is 0. The maximum absolute atomic E-state index is 11.3. The SMILES string of the molecule is C=CCC1(C(=O)O)CCCN(C(C)=O)CC1. The van der Waals surface area contributed by atoms with E-state index in [1.807, 2.05) is 0 Å². The molecule has 4 nitrogen and oxygen atoms in total. The molecule has 0 aromatic heterocycles. The van der Waals surface area contributed by atoms with Crippen LogP contribution in [0, 0.1) is 5.41 Å². The second-order valence-corrected chi connectivity index (χ2v) is 4.44. The molecule has 1 aliphatic rings. The molecular weight excluding hydrogens is 206 g/mol. The van der Waals surface area contributed by atoms with Crippen LogP contribution in [0.15, 0.2) is 12.7 Å². The monoisotopic (exact) mass is 225 g/mol. The standard InChI is InChI=1S/C12H19NO3/c1-3-5-12(11(15)16)6-4-8-13(9-7-12)10(2)14/h3H,1,4-9H2,2H3,(H,15,16). The number of carboxylic acid groups (broad SMARTS) is 1. The van der Waals surface area contributed by atoms with Gasteiger partial charge >= 0.3 is 5.97 Å². The Kier molecular flexibility index (Phi) is 4.10. The summed E-state index contributed by atoms with van der Waals surface area (Å²) in [5.41, 5.74) is -0.716. The van der Waals surface area contributed by atoms with Gasteiger partial charge in [-0.3, -0.25) is 9.59 Å². The molecule has 0 saturated carbocycles. The lowest BCUT2D eigenvalue weighted by Crippen LogP contribution is -2.34. The topological polar surface area (TPSA) is 57.6 Å². The molecule has 0 spiro atoms. The molecule has 1 heterocycles. The van der Waals surface area contributed by atoms with Crippen molar-refractivity contribution in [1.82, 2.24) is 4.90 Å². The van der Waals surface area contributed by atoms with Crippen LogP contribution in [0.3, 0.4) is 0 Å². The number of carbonyl (C=O) groups excluding carboxylic acids is 1. The molecule has 1 aliphatic heterocycles. The van der Waals surface area contributed by atoms with E-state index in [0.29, 0.717) is 32.4 Å². The molecule has 1 unspecified atom stereocenters. The molecule has 0 aromatic carbocycles. The van der Waals surface area contributed by atoms with Gasteiger partial charge in [0.05, 0.1) is 5.41 Å². The molecule has 0 radical (unpaired) electrons. The Morgan fingerprint density at radius 1 is 1.44 bits per heavy atom. The van der Waals surface area contributed by atoms with Gasteiger partial charge in [-0.05, 0) is 25.7 Å². The normalized spacial score (nSPS) is 25.9. The highest BCUT2D eigenvalue weighted by molar-refractivity contribution is 5.76. The third-order valence-electron chi connectivity index (χ3n) is 3.38. The second-order valence-electron chi connectivity index (χ2n) is 4.44. The van der Waals surface area contributed by atoms with E-state index in [1.165, 1.54) is 6.92 Å². The number of carbonyl (C=O) groups is 2. The third-order valence-corrected chi connectivity index (χ3v) is 3.38. The van der Waals surface area contributed by atoms with Crippen molar-refractivity contribution in [1.29, 1.82) is 0 Å². The number of nitrogens with zero attached hydrogens (tertiary/aromatic N) is 1. The van der Waals surface area contributed by atoms with Crippen LogP contribution in [0.2, 0.25) is 0 Å². The summed E-state index contributed by atoms with van der Waals surface area (Å²) in [5, 5.41) is 9.32. The molecule has 1 atom stereocenters. The summed E-state index contributed by atoms with van der Waals surface area (Å²) in [5.74, 6) is -0.738. The van der Waals surface area contributed by atoms with Gasteiger partial charge in [-0.1, -0.05) is 6.08 Å². The summed E-state index contributed by atoms with van der Waals surface area (Å²) in [6.07, 6.45) is 4.04. The van der Waals surface area contributed by atoms with Crippen molar-refractivity contribution in [2.75, 3.05) is 13.1 Å². The molecule has 1 N–H and O–H groups in total. The van der Waals surface area contributed by atoms with Gasteiger partial charge in [-0.25, -0.2) is 0 Å². The number of hydrogen-bond donors (Lipinski definition) is 1. The second kappa shape index (κ2) is 5.14. The van der Waals surface area contributed by atoms with Crippen LogP contribution in [0.5, 0.6) is 0 Å². The van der Waals surface area contributed by atoms with Crippen LogP contribution in [0.4, 0.5) is 0 Å². The number of amides is 1. The van der Waals surface area contributed by atoms with Crippen molar-refractivity contribution in [3.63, 3.8) is 0 Å². The average Bonchev–Trinajstić information content (AvgIpc) is 2.42. The highest BCUT2D eigenvalue weighted by atomic mass is 16.4. The molecule has 1 fully saturated rings. The van der Waals surface area contributed by atoms with Gasteiger partial charge in [0.1, 0.15) is 0 Å². The van der Waals surface area contributed by atoms with E-state index < -0.39 is 11.4 Å². The predicted octanol–water partition coefficient (Wildman–Crippen LogP) is 1.67. The summed E-state index contributed by atoms with van der Waals surface area (Å²) in [4.78, 5) is 24.3. The summed E-state index contributed by atoms with van der Waals surface area (Å²) in [6, 6.07) is 0. The largest absolute Gasteiger partial charge is 0.481 e. The summed E-state index contributed by atoms with van der Waals surface area (Å²) in [6.45, 7) is 6.36. The zero-order valence-electron chi connectivity index (χ0n) is 9.74. The van der Waals surface area contributed by atoms with E-state index in [9.17, 15) is 14.7 Å². The van der Waals surface area contributed by atoms with Crippen LogP contribution >= 0.6 is 0 Å². The Labute approximate surface area is 95.9 Å². The Balaban J connectivity index is 2.78. The fourth-order valence-corrected chi connectivity index (χ4v) is 2.29. The van der Waals surface area contributed by atoms with Crippen molar-refractivity contribution in [3.05, 3.63) is 12.7 Å². The Bertz CT molecular complexity index is 301. The smallest absolute Gasteiger partial charge is 0.310 e. The van der Waals surface area contributed by atoms with Crippen LogP contribution in [-0.2, 0) is 9.59 Å². The molecule has 1 amide bonds. The molecule has 4 heteroatoms. The lowest BCUT2D eigenvalue weighted by molar-refractivity contribution is -0.149. The van der Waals surface area contributed by atoms with Crippen LogP contribution < -0.4 is 0 Å². The molecule has 1 saturated heterocycles. The first-order chi connectivity index (χ1) is 7.52. The lowest BCUT2D eigenvalue weighted by atomic mass is 9.78. The van der Waals surface area contributed by atoms with E-state index in [2.05, 4.69) is 6.58 Å². The Morgan fingerprint density at radius 3 is 2.62 bits per heavy atom. The van der Waals surface area contributed by atoms with Gasteiger partial charge < -0.3 is 10.0 Å². The van der Waals surface area contributed by atoms with E-state index in [1.54, 1.807) is 11.0 Å². The van der Waals surface area contributed by atoms with Crippen LogP contribution in [0.1, 0.15) is 32.6 Å². The van der Waals surface area contributed by atoms with Gasteiger partial charge in [0, 0.05) is 20.0 Å². The first-order valence-corrected chi connectivity index (χ1v) is 5.62. The van der Waals surface area contributed by atoms with Crippen molar-refractivity contribution in [2.24, 2.45) is 5.41 Å². The fraction of sp³-hybridized carbons (Fsp3) is 0.667. The third kappa shape index (κ3) is 2.62. The first kappa shape index (κ1) is 12.7. The lowest BCUT2D eigenvalue weighted by Gasteiger charge is -2.26. The Morgan fingerprint density at radius 2 is 2.12 bits per heavy atom. The molecular formula is C12H19NO3. The molecule has 16 heavy (non-hydrogen) atoms. The zero-order valence-corrected chi connectivity index (χ0v) is 9.74. The van der Waals surface area contributed by atoms with E-state index in [0.717, 1.165) is 6.42 Å². The van der Waals surface area contributed by atoms with E-state index in [4.69, 9.17) is 0 Å². The minimum Gasteiger partial charge on any atom is -0.481 e. The Hall–Kier alpha value is -1.32. The van der Waals surface area contributed by atoms with Gasteiger partial charge in [0.25, 0.3) is 0 Å². The number of allylic oxidation sites excluding steroid dienone is 1. The molecule has 0 bridgehead atoms. The maximum Gasteiger partial charge on any atom is 0.310 e. The predicted molar refractivity (Wildman–Crippen MR) is 61.0 cm³/mol. The number of likely N-dealkylation sites (tertiary alicyclic amines) is 1. The average molecular weight is 225 g/mol. The van der Waals surface area contributed by atoms with Gasteiger partial charge in [-0.15, -0.1) is 6.58 Å². The fourth-order valence-electron chi connectivity index (χ4n) is 2.29. The van der Waals surface area contributed by atoms with Gasteiger partial charge in [0.2, 0.25) is 5.91 Å². The van der Waals surface area contributed by atoms with Gasteiger partial charge in [0.15, 0.2) is 0 Å². The molecule has 0 aromatic rings. The van der Waals surface area contributed by atoms with Crippen LogP contribution in [-0.4, -0.2) is 35.0 Å².